The summed E-state index contributed by atoms with van der Waals surface area (Å²) in [4.78, 5) is 0. The van der Waals surface area contributed by atoms with E-state index >= 15 is 0 Å². The van der Waals surface area contributed by atoms with Crippen molar-refractivity contribution in [2.45, 2.75) is 115 Å². The van der Waals surface area contributed by atoms with Crippen LogP contribution in [-0.2, 0) is 0 Å². The largest absolute Gasteiger partial charge is 0.490 e. The van der Waals surface area contributed by atoms with Crippen LogP contribution in [0.3, 0.4) is 0 Å². The summed E-state index contributed by atoms with van der Waals surface area (Å²) in [5, 5.41) is 0. The third kappa shape index (κ3) is 11.0. The van der Waals surface area contributed by atoms with Gasteiger partial charge in [-0.1, -0.05) is 94.7 Å². The Morgan fingerprint density at radius 2 is 1.50 bits per heavy atom. The Kier molecular flexibility index (Phi) is 14.8. The first-order valence-electron chi connectivity index (χ1n) is 13.8. The van der Waals surface area contributed by atoms with E-state index in [4.69, 9.17) is 9.47 Å². The molecule has 1 aliphatic rings. The minimum atomic E-state index is -0.936. The average molecular weight is 593 g/mol. The van der Waals surface area contributed by atoms with E-state index in [1.54, 1.807) is 0 Å². The molecule has 0 amide bonds. The molecule has 0 spiro atoms. The fraction of sp³-hybridized carbons (Fsp3) is 0.793. The highest BCUT2D eigenvalue weighted by atomic mass is 127. The Balaban J connectivity index is 1.74. The summed E-state index contributed by atoms with van der Waals surface area (Å²) in [7, 11) is 0. The first kappa shape index (κ1) is 29.6. The van der Waals surface area contributed by atoms with Gasteiger partial charge in [0.1, 0.15) is 0 Å². The highest BCUT2D eigenvalue weighted by molar-refractivity contribution is 14.1. The molecule has 0 heterocycles. The number of ether oxygens (including phenoxy) is 2. The number of unbranched alkanes of at least 4 members (excludes halogenated alkanes) is 1. The van der Waals surface area contributed by atoms with Crippen molar-refractivity contribution in [3.8, 4) is 11.5 Å². The molecule has 0 aliphatic heterocycles. The number of hydrogen-bond acceptors (Lipinski definition) is 2. The van der Waals surface area contributed by atoms with Crippen molar-refractivity contribution in [2.24, 2.45) is 17.8 Å². The molecule has 5 heteroatoms. The monoisotopic (exact) mass is 592 g/mol. The maximum atomic E-state index is 14.6. The predicted molar refractivity (Wildman–Crippen MR) is 147 cm³/mol. The van der Waals surface area contributed by atoms with Gasteiger partial charge in [-0.05, 0) is 68.4 Å². The van der Waals surface area contributed by atoms with Crippen molar-refractivity contribution in [2.75, 3.05) is 13.2 Å². The molecule has 0 N–H and O–H groups in total. The maximum Gasteiger partial charge on any atom is 0.204 e. The zero-order chi connectivity index (χ0) is 24.8. The minimum absolute atomic E-state index is 0.000425. The molecule has 2 nitrogen and oxygen atoms in total. The molecule has 1 saturated carbocycles. The van der Waals surface area contributed by atoms with E-state index in [1.165, 1.54) is 63.5 Å². The molecule has 1 fully saturated rings. The summed E-state index contributed by atoms with van der Waals surface area (Å²) in [6, 6.07) is 3.02. The molecule has 1 aromatic carbocycles. The molecule has 2 atom stereocenters. The summed E-state index contributed by atoms with van der Waals surface area (Å²) < 4.78 is 41.1. The first-order chi connectivity index (χ1) is 16.4. The topological polar surface area (TPSA) is 18.5 Å². The quantitative estimate of drug-likeness (QED) is 0.102. The number of rotatable bonds is 17. The van der Waals surface area contributed by atoms with Crippen molar-refractivity contribution in [3.63, 3.8) is 0 Å². The van der Waals surface area contributed by atoms with E-state index in [0.717, 1.165) is 50.4 Å². The molecule has 1 aliphatic carbocycles. The molecule has 2 unspecified atom stereocenters. The summed E-state index contributed by atoms with van der Waals surface area (Å²) in [5.41, 5.74) is 0. The highest BCUT2D eigenvalue weighted by Gasteiger charge is 2.20. The van der Waals surface area contributed by atoms with Crippen LogP contribution in [0.15, 0.2) is 12.1 Å². The van der Waals surface area contributed by atoms with E-state index in [-0.39, 0.29) is 11.5 Å². The van der Waals surface area contributed by atoms with Crippen LogP contribution in [0, 0.1) is 29.4 Å². The van der Waals surface area contributed by atoms with Crippen molar-refractivity contribution in [3.05, 3.63) is 23.8 Å². The molecular formula is C29H47F2IO2. The van der Waals surface area contributed by atoms with Gasteiger partial charge < -0.3 is 9.47 Å². The van der Waals surface area contributed by atoms with Gasteiger partial charge in [0.2, 0.25) is 11.6 Å². The Hall–Kier alpha value is -0.590. The second-order valence-corrected chi connectivity index (χ2v) is 12.2. The van der Waals surface area contributed by atoms with Crippen molar-refractivity contribution in [1.29, 1.82) is 0 Å². The van der Waals surface area contributed by atoms with Gasteiger partial charge in [0.05, 0.1) is 13.2 Å². The van der Waals surface area contributed by atoms with Gasteiger partial charge in [0.25, 0.3) is 0 Å². The second kappa shape index (κ2) is 17.0. The summed E-state index contributed by atoms with van der Waals surface area (Å²) in [6.07, 6.45) is 16.7. The fourth-order valence-electron chi connectivity index (χ4n) is 5.08. The predicted octanol–water partition coefficient (Wildman–Crippen LogP) is 9.91. The minimum Gasteiger partial charge on any atom is -0.490 e. The Morgan fingerprint density at radius 1 is 0.853 bits per heavy atom. The van der Waals surface area contributed by atoms with Crippen LogP contribution in [0.5, 0.6) is 11.5 Å². The Labute approximate surface area is 221 Å². The van der Waals surface area contributed by atoms with E-state index in [2.05, 4.69) is 43.4 Å². The lowest BCUT2D eigenvalue weighted by Gasteiger charge is -2.26. The van der Waals surface area contributed by atoms with Crippen LogP contribution in [0.2, 0.25) is 0 Å². The van der Waals surface area contributed by atoms with Crippen molar-refractivity contribution in [1.82, 2.24) is 0 Å². The van der Waals surface area contributed by atoms with E-state index in [0.29, 0.717) is 23.1 Å². The van der Waals surface area contributed by atoms with Gasteiger partial charge in [-0.3, -0.25) is 0 Å². The zero-order valence-electron chi connectivity index (χ0n) is 21.7. The van der Waals surface area contributed by atoms with Gasteiger partial charge in [-0.15, -0.1) is 0 Å². The van der Waals surface area contributed by atoms with Crippen molar-refractivity contribution < 1.29 is 18.3 Å². The third-order valence-electron chi connectivity index (χ3n) is 7.31. The van der Waals surface area contributed by atoms with Crippen LogP contribution in [0.1, 0.15) is 111 Å². The number of alkyl halides is 1. The van der Waals surface area contributed by atoms with Gasteiger partial charge in [-0.25, -0.2) is 0 Å². The Morgan fingerprint density at radius 3 is 2.15 bits per heavy atom. The van der Waals surface area contributed by atoms with Gasteiger partial charge in [-0.2, -0.15) is 8.78 Å². The molecule has 196 valence electrons. The smallest absolute Gasteiger partial charge is 0.204 e. The number of benzene rings is 1. The molecule has 0 aromatic heterocycles. The average Bonchev–Trinajstić information content (AvgIpc) is 2.82. The number of halogens is 3. The normalized spacial score (nSPS) is 20.2. The lowest BCUT2D eigenvalue weighted by atomic mass is 9.80. The molecule has 2 rings (SSSR count). The standard InChI is InChI=1S/C29H47F2IO2/c1-4-9-24(12-8-11-23-16-14-22(3)15-17-23)21-34-27-19-18-26(28(30)29(27)31)33-20-7-6-13-25(32)10-5-2/h18-19,22-25H,4-17,20-21H2,1-3H3. The molecule has 1 aromatic rings. The molecule has 34 heavy (non-hydrogen) atoms. The van der Waals surface area contributed by atoms with Gasteiger partial charge in [0, 0.05) is 3.92 Å². The van der Waals surface area contributed by atoms with Crippen LogP contribution >= 0.6 is 22.6 Å². The SMILES string of the molecule is CCCC(I)CCCCOc1ccc(OCC(CCC)CCCC2CCC(C)CC2)c(F)c1F. The van der Waals surface area contributed by atoms with Gasteiger partial charge >= 0.3 is 0 Å². The highest BCUT2D eigenvalue weighted by Crippen LogP contribution is 2.33. The van der Waals surface area contributed by atoms with Crippen molar-refractivity contribution >= 4 is 22.6 Å². The molecular weight excluding hydrogens is 545 g/mol. The Bertz CT molecular complexity index is 676. The van der Waals surface area contributed by atoms with E-state index in [9.17, 15) is 8.78 Å². The zero-order valence-corrected chi connectivity index (χ0v) is 23.9. The van der Waals surface area contributed by atoms with Crippen LogP contribution < -0.4 is 9.47 Å². The summed E-state index contributed by atoms with van der Waals surface area (Å²) in [5.74, 6) is 0.269. The second-order valence-electron chi connectivity index (χ2n) is 10.4. The molecule has 0 radical (unpaired) electrons. The number of hydrogen-bond donors (Lipinski definition) is 0. The lowest BCUT2D eigenvalue weighted by molar-refractivity contribution is 0.207. The third-order valence-corrected chi connectivity index (χ3v) is 8.56. The lowest BCUT2D eigenvalue weighted by Crippen LogP contribution is -2.15. The van der Waals surface area contributed by atoms with Gasteiger partial charge in [0.15, 0.2) is 11.5 Å². The first-order valence-corrected chi connectivity index (χ1v) is 15.1. The summed E-state index contributed by atoms with van der Waals surface area (Å²) >= 11 is 2.49. The van der Waals surface area contributed by atoms with Crippen LogP contribution in [0.25, 0.3) is 0 Å². The molecule has 0 bridgehead atoms. The van der Waals surface area contributed by atoms with Crippen LogP contribution in [0.4, 0.5) is 8.78 Å². The van der Waals surface area contributed by atoms with E-state index < -0.39 is 11.6 Å². The maximum absolute atomic E-state index is 14.6. The van der Waals surface area contributed by atoms with E-state index in [1.807, 2.05) is 0 Å². The van der Waals surface area contributed by atoms with Crippen LogP contribution in [-0.4, -0.2) is 17.1 Å². The fourth-order valence-corrected chi connectivity index (χ4v) is 6.15. The molecule has 0 saturated heterocycles. The summed E-state index contributed by atoms with van der Waals surface area (Å²) in [6.45, 7) is 7.58.